The van der Waals surface area contributed by atoms with Gasteiger partial charge in [0.05, 0.1) is 6.16 Å². The summed E-state index contributed by atoms with van der Waals surface area (Å²) in [6, 6.07) is 18.8. The molecule has 3 aromatic carbocycles. The first kappa shape index (κ1) is 10.4. The molecule has 0 aliphatic heterocycles. The van der Waals surface area contributed by atoms with Gasteiger partial charge in [0.1, 0.15) is 0 Å². The van der Waals surface area contributed by atoms with Gasteiger partial charge in [0.15, 0.2) is 8.46 Å². The predicted molar refractivity (Wildman–Crippen MR) is 72.8 cm³/mol. The van der Waals surface area contributed by atoms with Gasteiger partial charge in [-0.25, -0.2) is 0 Å². The lowest BCUT2D eigenvalue weighted by Gasteiger charge is -2.07. The lowest BCUT2D eigenvalue weighted by molar-refractivity contribution is 0.598. The van der Waals surface area contributed by atoms with Crippen molar-refractivity contribution in [1.82, 2.24) is 0 Å². The molecule has 2 heteroatoms. The third-order valence-electron chi connectivity index (χ3n) is 3.09. The molecule has 3 aromatic rings. The van der Waals surface area contributed by atoms with Crippen LogP contribution < -0.4 is 0 Å². The Morgan fingerprint density at radius 2 is 1.47 bits per heavy atom. The van der Waals surface area contributed by atoms with Gasteiger partial charge >= 0.3 is 0 Å². The van der Waals surface area contributed by atoms with Crippen molar-refractivity contribution in [3.63, 3.8) is 0 Å². The summed E-state index contributed by atoms with van der Waals surface area (Å²) >= 11 is 0. The molecule has 0 bridgehead atoms. The van der Waals surface area contributed by atoms with Gasteiger partial charge in [-0.05, 0) is 33.2 Å². The summed E-state index contributed by atoms with van der Waals surface area (Å²) in [6.07, 6.45) is 0.575. The lowest BCUT2D eigenvalue weighted by Crippen LogP contribution is -1.84. The average molecular weight is 238 g/mol. The van der Waals surface area contributed by atoms with E-state index in [1.165, 1.54) is 21.5 Å². The lowest BCUT2D eigenvalue weighted by atomic mass is 9.98. The van der Waals surface area contributed by atoms with Crippen molar-refractivity contribution in [3.05, 3.63) is 60.2 Å². The van der Waals surface area contributed by atoms with Crippen LogP contribution in [0.4, 0.5) is 0 Å². The average Bonchev–Trinajstić information content (AvgIpc) is 2.39. The third-order valence-corrected chi connectivity index (χ3v) is 3.56. The van der Waals surface area contributed by atoms with Crippen LogP contribution in [-0.4, -0.2) is 0 Å². The van der Waals surface area contributed by atoms with Crippen molar-refractivity contribution in [2.75, 3.05) is 0 Å². The van der Waals surface area contributed by atoms with Crippen molar-refractivity contribution >= 4 is 30.0 Å². The standard InChI is InChI=1S/C15H11OP/c16-17-10-12-9-11-5-1-2-6-13(11)15-8-4-3-7-14(12)15/h1-9H,10H2. The molecule has 82 valence electrons. The number of fused-ring (bicyclic) bond motifs is 3. The summed E-state index contributed by atoms with van der Waals surface area (Å²) in [5.74, 6) is 0. The molecule has 0 N–H and O–H groups in total. The van der Waals surface area contributed by atoms with Crippen molar-refractivity contribution in [1.29, 1.82) is 0 Å². The monoisotopic (exact) mass is 238 g/mol. The molecule has 17 heavy (non-hydrogen) atoms. The fourth-order valence-electron chi connectivity index (χ4n) is 2.33. The van der Waals surface area contributed by atoms with Gasteiger partial charge in [-0.3, -0.25) is 4.57 Å². The molecule has 0 aliphatic carbocycles. The second-order valence-corrected chi connectivity index (χ2v) is 4.66. The minimum absolute atomic E-state index is 0.174. The van der Waals surface area contributed by atoms with Crippen LogP contribution in [0.15, 0.2) is 54.6 Å². The topological polar surface area (TPSA) is 17.1 Å². The zero-order valence-electron chi connectivity index (χ0n) is 9.26. The molecule has 0 fully saturated rings. The Bertz CT molecular complexity index is 703. The molecule has 0 aromatic heterocycles. The number of hydrogen-bond donors (Lipinski definition) is 0. The molecule has 0 radical (unpaired) electrons. The van der Waals surface area contributed by atoms with E-state index in [-0.39, 0.29) is 8.46 Å². The van der Waals surface area contributed by atoms with Gasteiger partial charge in [-0.15, -0.1) is 0 Å². The van der Waals surface area contributed by atoms with Gasteiger partial charge in [0.2, 0.25) is 0 Å². The van der Waals surface area contributed by atoms with Crippen molar-refractivity contribution < 1.29 is 4.57 Å². The molecule has 0 heterocycles. The van der Waals surface area contributed by atoms with Crippen LogP contribution in [0.1, 0.15) is 5.56 Å². The Morgan fingerprint density at radius 3 is 2.24 bits per heavy atom. The van der Waals surface area contributed by atoms with Crippen molar-refractivity contribution in [3.8, 4) is 0 Å². The third kappa shape index (κ3) is 1.73. The summed E-state index contributed by atoms with van der Waals surface area (Å²) < 4.78 is 10.9. The molecular weight excluding hydrogens is 227 g/mol. The maximum Gasteiger partial charge on any atom is 0.160 e. The highest BCUT2D eigenvalue weighted by Gasteiger charge is 2.05. The summed E-state index contributed by atoms with van der Waals surface area (Å²) in [4.78, 5) is 0. The highest BCUT2D eigenvalue weighted by molar-refractivity contribution is 7.22. The Morgan fingerprint density at radius 1 is 0.824 bits per heavy atom. The van der Waals surface area contributed by atoms with E-state index >= 15 is 0 Å². The van der Waals surface area contributed by atoms with Gasteiger partial charge in [-0.2, -0.15) is 0 Å². The second-order valence-electron chi connectivity index (χ2n) is 4.09. The number of rotatable bonds is 2. The zero-order valence-corrected chi connectivity index (χ0v) is 10.2. The van der Waals surface area contributed by atoms with E-state index in [1.54, 1.807) is 0 Å². The highest BCUT2D eigenvalue weighted by Crippen LogP contribution is 2.30. The molecule has 0 unspecified atom stereocenters. The Labute approximate surface area is 101 Å². The summed E-state index contributed by atoms with van der Waals surface area (Å²) in [6.45, 7) is 0. The SMILES string of the molecule is O=PCc1cc2ccccc2c2ccccc12. The second kappa shape index (κ2) is 4.27. The maximum absolute atomic E-state index is 10.9. The van der Waals surface area contributed by atoms with E-state index in [4.69, 9.17) is 0 Å². The molecule has 3 rings (SSSR count). The first-order valence-electron chi connectivity index (χ1n) is 5.58. The van der Waals surface area contributed by atoms with Gasteiger partial charge in [0, 0.05) is 0 Å². The van der Waals surface area contributed by atoms with E-state index in [9.17, 15) is 4.57 Å². The Kier molecular flexibility index (Phi) is 2.62. The molecule has 0 saturated carbocycles. The van der Waals surface area contributed by atoms with E-state index < -0.39 is 0 Å². The van der Waals surface area contributed by atoms with Gasteiger partial charge in [-0.1, -0.05) is 48.5 Å². The minimum Gasteiger partial charge on any atom is -0.275 e. The summed E-state index contributed by atoms with van der Waals surface area (Å²) in [5, 5.41) is 4.91. The van der Waals surface area contributed by atoms with Gasteiger partial charge in [0.25, 0.3) is 0 Å². The quantitative estimate of drug-likeness (QED) is 0.463. The summed E-state index contributed by atoms with van der Waals surface area (Å²) in [5.41, 5.74) is 1.15. The first-order chi connectivity index (χ1) is 8.40. The maximum atomic E-state index is 10.9. The van der Waals surface area contributed by atoms with Crippen LogP contribution in [0.5, 0.6) is 0 Å². The minimum atomic E-state index is 0.174. The molecule has 0 amide bonds. The normalized spacial score (nSPS) is 11.3. The van der Waals surface area contributed by atoms with E-state index in [0.717, 1.165) is 5.56 Å². The van der Waals surface area contributed by atoms with Crippen LogP contribution in [-0.2, 0) is 10.7 Å². The number of benzene rings is 3. The van der Waals surface area contributed by atoms with Crippen molar-refractivity contribution in [2.45, 2.75) is 6.16 Å². The molecule has 0 aliphatic rings. The summed E-state index contributed by atoms with van der Waals surface area (Å²) in [7, 11) is 0.174. The van der Waals surface area contributed by atoms with Crippen LogP contribution in [0, 0.1) is 0 Å². The van der Waals surface area contributed by atoms with Crippen molar-refractivity contribution in [2.24, 2.45) is 0 Å². The van der Waals surface area contributed by atoms with Gasteiger partial charge < -0.3 is 0 Å². The smallest absolute Gasteiger partial charge is 0.160 e. The fourth-order valence-corrected chi connectivity index (χ4v) is 2.73. The van der Waals surface area contributed by atoms with Crippen LogP contribution in [0.25, 0.3) is 21.5 Å². The van der Waals surface area contributed by atoms with Crippen LogP contribution in [0.2, 0.25) is 0 Å². The van der Waals surface area contributed by atoms with Crippen LogP contribution >= 0.6 is 8.46 Å². The van der Waals surface area contributed by atoms with E-state index in [1.807, 2.05) is 18.2 Å². The fraction of sp³-hybridized carbons (Fsp3) is 0.0667. The predicted octanol–water partition coefficient (Wildman–Crippen LogP) is 4.78. The van der Waals surface area contributed by atoms with E-state index in [0.29, 0.717) is 6.16 Å². The molecule has 0 atom stereocenters. The molecular formula is C15H11OP. The Hall–Kier alpha value is -1.72. The number of hydrogen-bond acceptors (Lipinski definition) is 1. The van der Waals surface area contributed by atoms with E-state index in [2.05, 4.69) is 36.4 Å². The van der Waals surface area contributed by atoms with Crippen LogP contribution in [0.3, 0.4) is 0 Å². The molecule has 0 saturated heterocycles. The molecule has 0 spiro atoms. The highest BCUT2D eigenvalue weighted by atomic mass is 31.1. The zero-order chi connectivity index (χ0) is 11.7. The largest absolute Gasteiger partial charge is 0.275 e. The Balaban J connectivity index is 2.49. The first-order valence-corrected chi connectivity index (χ1v) is 6.58. The molecule has 1 nitrogen and oxygen atoms in total.